The number of hydrogen-bond acceptors (Lipinski definition) is 3. The Balaban J connectivity index is 1.61. The number of piperidine rings is 1. The lowest BCUT2D eigenvalue weighted by atomic mass is 9.77. The van der Waals surface area contributed by atoms with E-state index in [1.54, 1.807) is 7.11 Å². The van der Waals surface area contributed by atoms with Gasteiger partial charge in [0.2, 0.25) is 0 Å². The molecule has 2 heterocycles. The fraction of sp³-hybridized carbons (Fsp3) is 0.625. The van der Waals surface area contributed by atoms with Crippen molar-refractivity contribution in [3.63, 3.8) is 0 Å². The third-order valence-corrected chi connectivity index (χ3v) is 4.55. The van der Waals surface area contributed by atoms with Gasteiger partial charge in [-0.3, -0.25) is 0 Å². The minimum absolute atomic E-state index is 0.380. The fourth-order valence-corrected chi connectivity index (χ4v) is 3.39. The highest BCUT2D eigenvalue weighted by Gasteiger charge is 2.40. The van der Waals surface area contributed by atoms with Crippen LogP contribution in [0.4, 0.5) is 0 Å². The van der Waals surface area contributed by atoms with Gasteiger partial charge in [-0.1, -0.05) is 12.1 Å². The third-order valence-electron chi connectivity index (χ3n) is 4.55. The van der Waals surface area contributed by atoms with Crippen LogP contribution in [0.15, 0.2) is 24.3 Å². The molecule has 2 aliphatic rings. The summed E-state index contributed by atoms with van der Waals surface area (Å²) in [6.45, 7) is 3.24. The first-order valence-electron chi connectivity index (χ1n) is 7.25. The second-order valence-electron chi connectivity index (χ2n) is 5.94. The molecule has 1 N–H and O–H groups in total. The van der Waals surface area contributed by atoms with E-state index in [2.05, 4.69) is 23.5 Å². The van der Waals surface area contributed by atoms with Crippen molar-refractivity contribution >= 4 is 0 Å². The Morgan fingerprint density at radius 1 is 1.37 bits per heavy atom. The van der Waals surface area contributed by atoms with Crippen molar-refractivity contribution in [3.05, 3.63) is 29.8 Å². The molecule has 0 saturated carbocycles. The highest BCUT2D eigenvalue weighted by atomic mass is 16.5. The fourth-order valence-electron chi connectivity index (χ4n) is 3.39. The predicted octanol–water partition coefficient (Wildman–Crippen LogP) is 2.40. The number of nitrogens with one attached hydrogen (secondary N) is 1. The summed E-state index contributed by atoms with van der Waals surface area (Å²) in [5.41, 5.74) is 1.77. The van der Waals surface area contributed by atoms with Crippen LogP contribution >= 0.6 is 0 Å². The van der Waals surface area contributed by atoms with Crippen molar-refractivity contribution in [2.45, 2.75) is 31.8 Å². The van der Waals surface area contributed by atoms with E-state index in [1.165, 1.54) is 24.8 Å². The van der Waals surface area contributed by atoms with Gasteiger partial charge in [0.25, 0.3) is 0 Å². The second kappa shape index (κ2) is 5.51. The lowest BCUT2D eigenvalue weighted by molar-refractivity contribution is 0.0867. The topological polar surface area (TPSA) is 30.5 Å². The van der Waals surface area contributed by atoms with Crippen LogP contribution in [0, 0.1) is 5.41 Å². The molecule has 19 heavy (non-hydrogen) atoms. The average molecular weight is 261 g/mol. The zero-order chi connectivity index (χ0) is 13.1. The van der Waals surface area contributed by atoms with Crippen LogP contribution in [-0.2, 0) is 11.2 Å². The molecule has 0 aliphatic carbocycles. The van der Waals surface area contributed by atoms with Gasteiger partial charge in [0.05, 0.1) is 19.8 Å². The summed E-state index contributed by atoms with van der Waals surface area (Å²) in [6, 6.07) is 8.34. The molecule has 3 heteroatoms. The molecule has 0 bridgehead atoms. The van der Waals surface area contributed by atoms with Gasteiger partial charge >= 0.3 is 0 Å². The Labute approximate surface area is 115 Å². The Morgan fingerprint density at radius 3 is 3.00 bits per heavy atom. The number of ether oxygens (including phenoxy) is 2. The largest absolute Gasteiger partial charge is 0.497 e. The maximum absolute atomic E-state index is 6.06. The molecule has 1 atom stereocenters. The van der Waals surface area contributed by atoms with Crippen LogP contribution in [0.1, 0.15) is 24.8 Å². The van der Waals surface area contributed by atoms with Crippen molar-refractivity contribution in [3.8, 4) is 5.75 Å². The summed E-state index contributed by atoms with van der Waals surface area (Å²) in [5.74, 6) is 0.937. The lowest BCUT2D eigenvalue weighted by Crippen LogP contribution is -2.37. The third kappa shape index (κ3) is 2.93. The molecular weight excluding hydrogens is 238 g/mol. The van der Waals surface area contributed by atoms with Gasteiger partial charge in [0.15, 0.2) is 0 Å². The molecule has 3 rings (SSSR count). The second-order valence-corrected chi connectivity index (χ2v) is 5.94. The highest BCUT2D eigenvalue weighted by molar-refractivity contribution is 5.29. The van der Waals surface area contributed by atoms with E-state index in [0.717, 1.165) is 31.9 Å². The number of hydrogen-bond donors (Lipinski definition) is 1. The summed E-state index contributed by atoms with van der Waals surface area (Å²) in [6.07, 6.45) is 5.13. The smallest absolute Gasteiger partial charge is 0.119 e. The molecule has 0 amide bonds. The van der Waals surface area contributed by atoms with E-state index >= 15 is 0 Å². The van der Waals surface area contributed by atoms with Crippen molar-refractivity contribution in [1.29, 1.82) is 0 Å². The first-order valence-corrected chi connectivity index (χ1v) is 7.25. The Morgan fingerprint density at radius 2 is 2.21 bits per heavy atom. The number of rotatable bonds is 3. The van der Waals surface area contributed by atoms with Crippen LogP contribution in [0.2, 0.25) is 0 Å². The first kappa shape index (κ1) is 12.9. The SMILES string of the molecule is COc1cccc(C[C@@H]2CC3(CCNCC3)CO2)c1. The lowest BCUT2D eigenvalue weighted by Gasteiger charge is -2.32. The first-order chi connectivity index (χ1) is 9.30. The average Bonchev–Trinajstić information content (AvgIpc) is 2.82. The van der Waals surface area contributed by atoms with E-state index in [-0.39, 0.29) is 0 Å². The Bertz CT molecular complexity index is 427. The molecule has 0 aromatic heterocycles. The van der Waals surface area contributed by atoms with Gasteiger partial charge in [-0.25, -0.2) is 0 Å². The summed E-state index contributed by atoms with van der Waals surface area (Å²) in [4.78, 5) is 0. The zero-order valence-corrected chi connectivity index (χ0v) is 11.7. The molecule has 0 unspecified atom stereocenters. The molecule has 1 aromatic carbocycles. The molecule has 2 aliphatic heterocycles. The summed E-state index contributed by atoms with van der Waals surface area (Å²) >= 11 is 0. The maximum atomic E-state index is 6.06. The van der Waals surface area contributed by atoms with Gasteiger partial charge in [-0.2, -0.15) is 0 Å². The van der Waals surface area contributed by atoms with Crippen LogP contribution < -0.4 is 10.1 Å². The standard InChI is InChI=1S/C16H23NO2/c1-18-14-4-2-3-13(9-14)10-15-11-16(12-19-15)5-7-17-8-6-16/h2-4,9,15,17H,5-8,10-12H2,1H3/t15-/m1/s1. The quantitative estimate of drug-likeness (QED) is 0.906. The normalized spacial score (nSPS) is 25.6. The van der Waals surface area contributed by atoms with E-state index < -0.39 is 0 Å². The minimum atomic E-state index is 0.380. The van der Waals surface area contributed by atoms with Gasteiger partial charge in [0.1, 0.15) is 5.75 Å². The summed E-state index contributed by atoms with van der Waals surface area (Å²) < 4.78 is 11.3. The Kier molecular flexibility index (Phi) is 3.76. The Hall–Kier alpha value is -1.06. The van der Waals surface area contributed by atoms with Gasteiger partial charge in [-0.05, 0) is 61.9 Å². The molecule has 104 valence electrons. The summed E-state index contributed by atoms with van der Waals surface area (Å²) in [7, 11) is 1.72. The maximum Gasteiger partial charge on any atom is 0.119 e. The zero-order valence-electron chi connectivity index (χ0n) is 11.7. The summed E-state index contributed by atoms with van der Waals surface area (Å²) in [5, 5.41) is 3.44. The molecule has 2 saturated heterocycles. The minimum Gasteiger partial charge on any atom is -0.497 e. The van der Waals surface area contributed by atoms with Gasteiger partial charge in [0, 0.05) is 0 Å². The van der Waals surface area contributed by atoms with Crippen LogP contribution in [0.25, 0.3) is 0 Å². The van der Waals surface area contributed by atoms with E-state index in [1.807, 2.05) is 6.07 Å². The van der Waals surface area contributed by atoms with Gasteiger partial charge < -0.3 is 14.8 Å². The molecule has 1 spiro atoms. The highest BCUT2D eigenvalue weighted by Crippen LogP contribution is 2.41. The molecule has 3 nitrogen and oxygen atoms in total. The molecule has 0 radical (unpaired) electrons. The monoisotopic (exact) mass is 261 g/mol. The van der Waals surface area contributed by atoms with Crippen molar-refractivity contribution in [2.24, 2.45) is 5.41 Å². The van der Waals surface area contributed by atoms with Crippen LogP contribution in [0.5, 0.6) is 5.75 Å². The molecule has 2 fully saturated rings. The van der Waals surface area contributed by atoms with E-state index in [4.69, 9.17) is 9.47 Å². The van der Waals surface area contributed by atoms with Crippen molar-refractivity contribution in [2.75, 3.05) is 26.8 Å². The van der Waals surface area contributed by atoms with Crippen molar-refractivity contribution < 1.29 is 9.47 Å². The molecule has 1 aromatic rings. The van der Waals surface area contributed by atoms with E-state index in [0.29, 0.717) is 11.5 Å². The van der Waals surface area contributed by atoms with Crippen molar-refractivity contribution in [1.82, 2.24) is 5.32 Å². The predicted molar refractivity (Wildman–Crippen MR) is 75.6 cm³/mol. The number of methoxy groups -OCH3 is 1. The number of benzene rings is 1. The van der Waals surface area contributed by atoms with Gasteiger partial charge in [-0.15, -0.1) is 0 Å². The van der Waals surface area contributed by atoms with Crippen LogP contribution in [-0.4, -0.2) is 32.9 Å². The van der Waals surface area contributed by atoms with Crippen LogP contribution in [0.3, 0.4) is 0 Å². The van der Waals surface area contributed by atoms with E-state index in [9.17, 15) is 0 Å². The molecular formula is C16H23NO2.